The number of benzene rings is 1. The number of aromatic amines is 1. The van der Waals surface area contributed by atoms with Crippen molar-refractivity contribution < 1.29 is 9.29 Å². The molecule has 1 atom stereocenters. The molecule has 3 rings (SSSR count). The average molecular weight is 388 g/mol. The van der Waals surface area contributed by atoms with Crippen LogP contribution in [0.3, 0.4) is 0 Å². The average Bonchev–Trinajstić information content (AvgIpc) is 2.89. The van der Waals surface area contributed by atoms with E-state index in [0.717, 1.165) is 29.1 Å². The van der Waals surface area contributed by atoms with Crippen molar-refractivity contribution in [2.75, 3.05) is 13.1 Å². The predicted octanol–water partition coefficient (Wildman–Crippen LogP) is 3.90. The minimum Gasteiger partial charge on any atom is -0.593 e. The van der Waals surface area contributed by atoms with Crippen LogP contribution in [0, 0.1) is 13.8 Å². The number of aryl methyl sites for hydroxylation is 2. The van der Waals surface area contributed by atoms with E-state index in [-0.39, 0.29) is 6.10 Å². The van der Waals surface area contributed by atoms with Gasteiger partial charge in [-0.25, -0.2) is 0 Å². The summed E-state index contributed by atoms with van der Waals surface area (Å²) in [5.74, 6) is 0.641. The first-order valence-corrected chi connectivity index (χ1v) is 9.62. The Morgan fingerprint density at radius 2 is 2.00 bits per heavy atom. The summed E-state index contributed by atoms with van der Waals surface area (Å²) in [5.41, 5.74) is 1.65. The third kappa shape index (κ3) is 3.83. The number of rotatable bonds is 4. The predicted molar refractivity (Wildman–Crippen MR) is 96.2 cm³/mol. The zero-order valence-electron chi connectivity index (χ0n) is 13.5. The molecule has 1 unspecified atom stereocenters. The molecule has 8 heteroatoms. The number of H-pyrrole nitrogens is 1. The highest BCUT2D eigenvalue weighted by Gasteiger charge is 2.32. The summed E-state index contributed by atoms with van der Waals surface area (Å²) in [6, 6.07) is 5.22. The molecule has 2 aromatic rings. The Morgan fingerprint density at radius 3 is 2.58 bits per heavy atom. The van der Waals surface area contributed by atoms with Gasteiger partial charge in [0.15, 0.2) is 0 Å². The van der Waals surface area contributed by atoms with Gasteiger partial charge in [0.05, 0.1) is 22.1 Å². The maximum atomic E-state index is 12.8. The van der Waals surface area contributed by atoms with Gasteiger partial charge in [0.25, 0.3) is 0 Å². The molecule has 1 fully saturated rings. The fourth-order valence-electron chi connectivity index (χ4n) is 2.79. The van der Waals surface area contributed by atoms with Crippen LogP contribution in [0.4, 0.5) is 0 Å². The van der Waals surface area contributed by atoms with Crippen LogP contribution in [-0.2, 0) is 11.4 Å². The fraction of sp³-hybridized carbons (Fsp3) is 0.438. The third-order valence-electron chi connectivity index (χ3n) is 4.06. The highest BCUT2D eigenvalue weighted by Crippen LogP contribution is 2.31. The largest absolute Gasteiger partial charge is 0.593 e. The second-order valence-electron chi connectivity index (χ2n) is 5.83. The van der Waals surface area contributed by atoms with Crippen LogP contribution in [-0.4, -0.2) is 38.2 Å². The van der Waals surface area contributed by atoms with Gasteiger partial charge in [0.2, 0.25) is 4.90 Å². The first-order chi connectivity index (χ1) is 11.5. The first-order valence-electron chi connectivity index (χ1n) is 7.76. The van der Waals surface area contributed by atoms with Gasteiger partial charge in [-0.2, -0.15) is 5.10 Å². The number of hydrogen-bond acceptors (Lipinski definition) is 4. The van der Waals surface area contributed by atoms with Gasteiger partial charge in [-0.05, 0) is 32.0 Å². The van der Waals surface area contributed by atoms with E-state index in [4.69, 9.17) is 27.9 Å². The zero-order valence-corrected chi connectivity index (χ0v) is 15.8. The SMILES string of the molecule is Cc1n[nH]c(C)c1[S+]([O-])N1CCC(Oc2ccc(Cl)cc2Cl)CC1. The molecule has 1 saturated heterocycles. The van der Waals surface area contributed by atoms with Crippen molar-refractivity contribution in [2.24, 2.45) is 0 Å². The van der Waals surface area contributed by atoms with Crippen LogP contribution >= 0.6 is 23.2 Å². The molecule has 1 aliphatic heterocycles. The summed E-state index contributed by atoms with van der Waals surface area (Å²) < 4.78 is 20.7. The standard InChI is InChI=1S/C16H19Cl2N3O2S/c1-10-16(11(2)20-19-10)24(22)21-7-5-13(6-8-21)23-15-4-3-12(17)9-14(15)18/h3-4,9,13H,5-8H2,1-2H3,(H,19,20). The summed E-state index contributed by atoms with van der Waals surface area (Å²) in [5, 5.41) is 8.11. The second-order valence-corrected chi connectivity index (χ2v) is 8.10. The number of piperidine rings is 1. The first kappa shape index (κ1) is 17.9. The normalized spacial score (nSPS) is 17.9. The van der Waals surface area contributed by atoms with E-state index in [1.807, 2.05) is 18.2 Å². The number of hydrogen-bond donors (Lipinski definition) is 1. The fourth-order valence-corrected chi connectivity index (χ4v) is 4.65. The van der Waals surface area contributed by atoms with E-state index >= 15 is 0 Å². The maximum absolute atomic E-state index is 12.8. The topological polar surface area (TPSA) is 64.2 Å². The highest BCUT2D eigenvalue weighted by molar-refractivity contribution is 7.89. The van der Waals surface area contributed by atoms with Crippen molar-refractivity contribution in [1.82, 2.24) is 14.5 Å². The van der Waals surface area contributed by atoms with Gasteiger partial charge >= 0.3 is 0 Å². The molecule has 0 aliphatic carbocycles. The third-order valence-corrected chi connectivity index (χ3v) is 6.37. The van der Waals surface area contributed by atoms with E-state index in [0.29, 0.717) is 28.9 Å². The molecule has 0 spiro atoms. The van der Waals surface area contributed by atoms with Crippen molar-refractivity contribution >= 4 is 34.6 Å². The molecular formula is C16H19Cl2N3O2S. The van der Waals surface area contributed by atoms with Gasteiger partial charge in [0, 0.05) is 31.0 Å². The van der Waals surface area contributed by atoms with Crippen molar-refractivity contribution in [2.45, 2.75) is 37.7 Å². The van der Waals surface area contributed by atoms with Crippen LogP contribution < -0.4 is 4.74 Å². The second kappa shape index (κ2) is 7.54. The number of nitrogens with zero attached hydrogens (tertiary/aromatic N) is 2. The van der Waals surface area contributed by atoms with Gasteiger partial charge in [0.1, 0.15) is 17.5 Å². The Kier molecular flexibility index (Phi) is 5.62. The summed E-state index contributed by atoms with van der Waals surface area (Å²) in [7, 11) is 0. The van der Waals surface area contributed by atoms with Crippen molar-refractivity contribution in [3.05, 3.63) is 39.6 Å². The van der Waals surface area contributed by atoms with Crippen LogP contribution in [0.1, 0.15) is 24.2 Å². The maximum Gasteiger partial charge on any atom is 0.217 e. The Morgan fingerprint density at radius 1 is 1.29 bits per heavy atom. The number of ether oxygens (including phenoxy) is 1. The molecule has 1 aromatic heterocycles. The monoisotopic (exact) mass is 387 g/mol. The van der Waals surface area contributed by atoms with E-state index in [1.165, 1.54) is 0 Å². The zero-order chi connectivity index (χ0) is 17.3. The highest BCUT2D eigenvalue weighted by atomic mass is 35.5. The molecule has 0 saturated carbocycles. The molecule has 0 amide bonds. The van der Waals surface area contributed by atoms with Gasteiger partial charge in [-0.15, -0.1) is 4.31 Å². The van der Waals surface area contributed by atoms with Crippen molar-refractivity contribution in [1.29, 1.82) is 0 Å². The lowest BCUT2D eigenvalue weighted by atomic mass is 10.1. The van der Waals surface area contributed by atoms with Crippen LogP contribution in [0.2, 0.25) is 10.0 Å². The molecule has 0 radical (unpaired) electrons. The van der Waals surface area contributed by atoms with Crippen LogP contribution in [0.25, 0.3) is 0 Å². The van der Waals surface area contributed by atoms with Crippen molar-refractivity contribution in [3.8, 4) is 5.75 Å². The lowest BCUT2D eigenvalue weighted by molar-refractivity contribution is 0.135. The van der Waals surface area contributed by atoms with Crippen molar-refractivity contribution in [3.63, 3.8) is 0 Å². The van der Waals surface area contributed by atoms with E-state index in [1.54, 1.807) is 18.2 Å². The van der Waals surface area contributed by atoms with Crippen LogP contribution in [0.5, 0.6) is 5.75 Å². The summed E-state index contributed by atoms with van der Waals surface area (Å²) in [6.45, 7) is 5.17. The smallest absolute Gasteiger partial charge is 0.217 e. The van der Waals surface area contributed by atoms with E-state index in [9.17, 15) is 4.55 Å². The molecule has 1 aliphatic rings. The Labute approximate surface area is 154 Å². The minimum absolute atomic E-state index is 0.0588. The minimum atomic E-state index is -1.19. The lowest BCUT2D eigenvalue weighted by Gasteiger charge is -2.31. The molecule has 0 bridgehead atoms. The van der Waals surface area contributed by atoms with Gasteiger partial charge in [-0.3, -0.25) is 5.10 Å². The van der Waals surface area contributed by atoms with Gasteiger partial charge in [-0.1, -0.05) is 23.2 Å². The molecule has 24 heavy (non-hydrogen) atoms. The molecule has 130 valence electrons. The number of halogens is 2. The molecule has 1 aromatic carbocycles. The molecule has 5 nitrogen and oxygen atoms in total. The molecular weight excluding hydrogens is 369 g/mol. The Hall–Kier alpha value is -0.920. The van der Waals surface area contributed by atoms with E-state index in [2.05, 4.69) is 10.2 Å². The Balaban J connectivity index is 1.59. The van der Waals surface area contributed by atoms with Crippen LogP contribution in [0.15, 0.2) is 23.1 Å². The summed E-state index contributed by atoms with van der Waals surface area (Å²) >= 11 is 10.9. The summed E-state index contributed by atoms with van der Waals surface area (Å²) in [6.07, 6.45) is 1.64. The molecule has 1 N–H and O–H groups in total. The summed E-state index contributed by atoms with van der Waals surface area (Å²) in [4.78, 5) is 0.787. The lowest BCUT2D eigenvalue weighted by Crippen LogP contribution is -2.42. The Bertz CT molecular complexity index is 698. The van der Waals surface area contributed by atoms with Gasteiger partial charge < -0.3 is 9.29 Å². The molecule has 2 heterocycles. The van der Waals surface area contributed by atoms with E-state index < -0.39 is 11.4 Å². The number of aromatic nitrogens is 2. The number of nitrogens with one attached hydrogen (secondary N) is 1. The quantitative estimate of drug-likeness (QED) is 0.807.